The topological polar surface area (TPSA) is 35.6 Å². The Kier molecular flexibility index (Phi) is 6.46. The molecule has 3 aromatic heterocycles. The summed E-state index contributed by atoms with van der Waals surface area (Å²) in [5.41, 5.74) is 11.7. The highest BCUT2D eigenvalue weighted by atomic mass is 15.0. The molecule has 10 aromatic rings. The van der Waals surface area contributed by atoms with Gasteiger partial charge < -0.3 is 9.13 Å². The van der Waals surface area contributed by atoms with Crippen molar-refractivity contribution in [3.63, 3.8) is 0 Å². The van der Waals surface area contributed by atoms with Gasteiger partial charge in [0.25, 0.3) is 0 Å². The van der Waals surface area contributed by atoms with Gasteiger partial charge in [-0.05, 0) is 54.6 Å². The van der Waals surface area contributed by atoms with E-state index in [-0.39, 0.29) is 0 Å². The molecule has 0 spiro atoms. The SMILES string of the molecule is c1ccc(-c2cc(-c3cccc(-n4c5ccccc5c5ccccc54)c3)nc(-c3cccc(-n4c5ccccc5c5ccccc54)c3)n2)cc1. The standard InChI is InChI=1S/C46H30N4/c1-2-14-31(15-3-1)40-30-41(32-16-12-18-34(28-32)49-42-24-8-4-20-36(42)37-21-5-9-25-43(37)49)48-46(47-40)33-17-13-19-35(29-33)50-44-26-10-6-22-38(44)39-23-7-11-27-45(39)50/h1-30H. The third-order valence-corrected chi connectivity index (χ3v) is 9.72. The van der Waals surface area contributed by atoms with Gasteiger partial charge in [0.15, 0.2) is 5.82 Å². The van der Waals surface area contributed by atoms with Crippen LogP contribution in [0.4, 0.5) is 0 Å². The van der Waals surface area contributed by atoms with Gasteiger partial charge >= 0.3 is 0 Å². The van der Waals surface area contributed by atoms with Crippen molar-refractivity contribution in [1.29, 1.82) is 0 Å². The van der Waals surface area contributed by atoms with E-state index in [1.54, 1.807) is 0 Å². The van der Waals surface area contributed by atoms with Gasteiger partial charge in [-0.2, -0.15) is 0 Å². The molecule has 0 aliphatic rings. The van der Waals surface area contributed by atoms with Crippen LogP contribution in [0.2, 0.25) is 0 Å². The normalized spacial score (nSPS) is 11.6. The van der Waals surface area contributed by atoms with Crippen molar-refractivity contribution in [3.8, 4) is 45.3 Å². The number of nitrogens with zero attached hydrogens (tertiary/aromatic N) is 4. The number of hydrogen-bond donors (Lipinski definition) is 0. The van der Waals surface area contributed by atoms with Crippen molar-refractivity contribution in [2.24, 2.45) is 0 Å². The van der Waals surface area contributed by atoms with Crippen molar-refractivity contribution < 1.29 is 0 Å². The summed E-state index contributed by atoms with van der Waals surface area (Å²) in [5, 5.41) is 4.96. The summed E-state index contributed by atoms with van der Waals surface area (Å²) in [4.78, 5) is 10.4. The molecule has 0 aliphatic heterocycles. The number of fused-ring (bicyclic) bond motifs is 6. The van der Waals surface area contributed by atoms with Gasteiger partial charge in [0.05, 0.1) is 33.5 Å². The Bertz CT molecular complexity index is 2600. The van der Waals surface area contributed by atoms with E-state index in [2.05, 4.69) is 185 Å². The number of rotatable bonds is 5. The second-order valence-electron chi connectivity index (χ2n) is 12.7. The van der Waals surface area contributed by atoms with Crippen LogP contribution in [-0.4, -0.2) is 19.1 Å². The molecule has 10 rings (SSSR count). The van der Waals surface area contributed by atoms with Gasteiger partial charge in [-0.3, -0.25) is 0 Å². The molecule has 50 heavy (non-hydrogen) atoms. The zero-order valence-corrected chi connectivity index (χ0v) is 27.1. The Morgan fingerprint density at radius 3 is 1.18 bits per heavy atom. The number of benzene rings is 7. The molecule has 4 nitrogen and oxygen atoms in total. The van der Waals surface area contributed by atoms with E-state index in [0.717, 1.165) is 39.5 Å². The molecule has 0 atom stereocenters. The molecule has 0 fully saturated rings. The summed E-state index contributed by atoms with van der Waals surface area (Å²) < 4.78 is 4.69. The molecule has 7 aromatic carbocycles. The molecule has 234 valence electrons. The Hall–Kier alpha value is -6.78. The van der Waals surface area contributed by atoms with E-state index >= 15 is 0 Å². The minimum Gasteiger partial charge on any atom is -0.309 e. The molecular weight excluding hydrogens is 609 g/mol. The third-order valence-electron chi connectivity index (χ3n) is 9.72. The highest BCUT2D eigenvalue weighted by molar-refractivity contribution is 6.10. The van der Waals surface area contributed by atoms with Crippen LogP contribution in [-0.2, 0) is 0 Å². The molecule has 0 unspecified atom stereocenters. The molecule has 0 aliphatic carbocycles. The number of hydrogen-bond acceptors (Lipinski definition) is 2. The molecule has 0 N–H and O–H groups in total. The minimum absolute atomic E-state index is 0.686. The maximum absolute atomic E-state index is 5.26. The molecule has 0 saturated heterocycles. The van der Waals surface area contributed by atoms with Crippen LogP contribution in [0.5, 0.6) is 0 Å². The Morgan fingerprint density at radius 1 is 0.300 bits per heavy atom. The second kappa shape index (κ2) is 11.4. The lowest BCUT2D eigenvalue weighted by Gasteiger charge is -2.13. The highest BCUT2D eigenvalue weighted by Gasteiger charge is 2.16. The Labute approximate surface area is 289 Å². The van der Waals surface area contributed by atoms with Gasteiger partial charge in [-0.25, -0.2) is 9.97 Å². The van der Waals surface area contributed by atoms with Gasteiger partial charge in [0.2, 0.25) is 0 Å². The quantitative estimate of drug-likeness (QED) is 0.188. The van der Waals surface area contributed by atoms with Gasteiger partial charge in [-0.15, -0.1) is 0 Å². The zero-order valence-electron chi connectivity index (χ0n) is 27.1. The first-order valence-electron chi connectivity index (χ1n) is 16.9. The average molecular weight is 639 g/mol. The minimum atomic E-state index is 0.686. The lowest BCUT2D eigenvalue weighted by atomic mass is 10.1. The van der Waals surface area contributed by atoms with Crippen molar-refractivity contribution in [2.75, 3.05) is 0 Å². The maximum atomic E-state index is 5.26. The van der Waals surface area contributed by atoms with E-state index < -0.39 is 0 Å². The summed E-state index contributed by atoms with van der Waals surface area (Å²) in [6.45, 7) is 0. The molecule has 3 heterocycles. The van der Waals surface area contributed by atoms with Crippen LogP contribution in [0.1, 0.15) is 0 Å². The van der Waals surface area contributed by atoms with Crippen LogP contribution in [0.15, 0.2) is 182 Å². The molecule has 0 saturated carbocycles. The highest BCUT2D eigenvalue weighted by Crippen LogP contribution is 2.36. The van der Waals surface area contributed by atoms with E-state index in [1.165, 1.54) is 43.6 Å². The van der Waals surface area contributed by atoms with Crippen LogP contribution in [0.3, 0.4) is 0 Å². The second-order valence-corrected chi connectivity index (χ2v) is 12.7. The number of aromatic nitrogens is 4. The fourth-order valence-electron chi connectivity index (χ4n) is 7.47. The van der Waals surface area contributed by atoms with Crippen LogP contribution in [0, 0.1) is 0 Å². The largest absolute Gasteiger partial charge is 0.309 e. The fraction of sp³-hybridized carbons (Fsp3) is 0. The molecule has 4 heteroatoms. The summed E-state index contributed by atoms with van der Waals surface area (Å²) in [6.07, 6.45) is 0. The first-order chi connectivity index (χ1) is 24.8. The average Bonchev–Trinajstić information content (AvgIpc) is 3.71. The van der Waals surface area contributed by atoms with Crippen molar-refractivity contribution in [1.82, 2.24) is 19.1 Å². The van der Waals surface area contributed by atoms with Gasteiger partial charge in [-0.1, -0.05) is 127 Å². The van der Waals surface area contributed by atoms with Crippen molar-refractivity contribution in [3.05, 3.63) is 182 Å². The first-order valence-corrected chi connectivity index (χ1v) is 16.9. The van der Waals surface area contributed by atoms with Crippen LogP contribution < -0.4 is 0 Å². The van der Waals surface area contributed by atoms with E-state index in [1.807, 2.05) is 6.07 Å². The fourth-order valence-corrected chi connectivity index (χ4v) is 7.47. The predicted molar refractivity (Wildman–Crippen MR) is 207 cm³/mol. The van der Waals surface area contributed by atoms with E-state index in [4.69, 9.17) is 9.97 Å². The summed E-state index contributed by atoms with van der Waals surface area (Å²) in [6, 6.07) is 64.2. The van der Waals surface area contributed by atoms with Crippen molar-refractivity contribution in [2.45, 2.75) is 0 Å². The number of para-hydroxylation sites is 4. The Morgan fingerprint density at radius 2 is 0.680 bits per heavy atom. The van der Waals surface area contributed by atoms with E-state index in [9.17, 15) is 0 Å². The zero-order chi connectivity index (χ0) is 33.0. The van der Waals surface area contributed by atoms with Gasteiger partial charge in [0, 0.05) is 49.6 Å². The maximum Gasteiger partial charge on any atom is 0.160 e. The summed E-state index contributed by atoms with van der Waals surface area (Å²) in [5.74, 6) is 0.686. The molecule has 0 bridgehead atoms. The molecule has 0 amide bonds. The summed E-state index contributed by atoms with van der Waals surface area (Å²) >= 11 is 0. The molecular formula is C46H30N4. The molecule has 0 radical (unpaired) electrons. The van der Waals surface area contributed by atoms with Crippen LogP contribution >= 0.6 is 0 Å². The monoisotopic (exact) mass is 638 g/mol. The van der Waals surface area contributed by atoms with Gasteiger partial charge in [0.1, 0.15) is 0 Å². The predicted octanol–water partition coefficient (Wildman–Crippen LogP) is 11.7. The lowest BCUT2D eigenvalue weighted by molar-refractivity contribution is 1.15. The van der Waals surface area contributed by atoms with E-state index in [0.29, 0.717) is 5.82 Å². The lowest BCUT2D eigenvalue weighted by Crippen LogP contribution is -1.99. The first kappa shape index (κ1) is 28.3. The summed E-state index contributed by atoms with van der Waals surface area (Å²) in [7, 11) is 0. The third kappa shape index (κ3) is 4.54. The van der Waals surface area contributed by atoms with Crippen molar-refractivity contribution >= 4 is 43.6 Å². The van der Waals surface area contributed by atoms with Crippen LogP contribution in [0.25, 0.3) is 88.9 Å². The Balaban J connectivity index is 1.15. The smallest absolute Gasteiger partial charge is 0.160 e.